The van der Waals surface area contributed by atoms with Gasteiger partial charge in [-0.25, -0.2) is 0 Å². The molecule has 1 saturated heterocycles. The topological polar surface area (TPSA) is 28.2 Å². The monoisotopic (exact) mass is 295 g/mol. The molecule has 0 amide bonds. The van der Waals surface area contributed by atoms with Crippen LogP contribution in [0.3, 0.4) is 0 Å². The first-order valence-corrected chi connectivity index (χ1v) is 8.23. The summed E-state index contributed by atoms with van der Waals surface area (Å²) in [7, 11) is 0. The van der Waals surface area contributed by atoms with E-state index in [9.17, 15) is 0 Å². The maximum atomic E-state index is 4.10. The Bertz CT molecular complexity index is 555. The van der Waals surface area contributed by atoms with Crippen molar-refractivity contribution in [1.82, 2.24) is 15.2 Å². The fraction of sp³-hybridized carbons (Fsp3) is 0.421. The minimum absolute atomic E-state index is 0.379. The Hall–Kier alpha value is -1.71. The van der Waals surface area contributed by atoms with Crippen molar-refractivity contribution in [3.8, 4) is 0 Å². The number of benzene rings is 1. The van der Waals surface area contributed by atoms with E-state index in [1.165, 1.54) is 30.5 Å². The second-order valence-electron chi connectivity index (χ2n) is 6.23. The molecule has 3 rings (SSSR count). The van der Waals surface area contributed by atoms with E-state index in [1.807, 2.05) is 12.4 Å². The molecule has 1 fully saturated rings. The Kier molecular flexibility index (Phi) is 5.20. The van der Waals surface area contributed by atoms with Crippen molar-refractivity contribution in [2.45, 2.75) is 38.4 Å². The van der Waals surface area contributed by atoms with E-state index in [0.717, 1.165) is 13.1 Å². The zero-order valence-electron chi connectivity index (χ0n) is 13.3. The Balaban J connectivity index is 1.54. The lowest BCUT2D eigenvalue weighted by atomic mass is 10.0. The maximum Gasteiger partial charge on any atom is 0.0296 e. The molecular formula is C19H25N3. The van der Waals surface area contributed by atoms with Gasteiger partial charge in [-0.05, 0) is 49.6 Å². The molecule has 1 aromatic carbocycles. The third-order valence-electron chi connectivity index (χ3n) is 4.45. The van der Waals surface area contributed by atoms with Gasteiger partial charge in [0.15, 0.2) is 0 Å². The molecule has 0 spiro atoms. The van der Waals surface area contributed by atoms with Gasteiger partial charge in [0.2, 0.25) is 0 Å². The van der Waals surface area contributed by atoms with Crippen molar-refractivity contribution in [1.29, 1.82) is 0 Å². The first-order valence-electron chi connectivity index (χ1n) is 8.23. The summed E-state index contributed by atoms with van der Waals surface area (Å²) < 4.78 is 0. The smallest absolute Gasteiger partial charge is 0.0296 e. The average molecular weight is 295 g/mol. The first-order chi connectivity index (χ1) is 10.8. The van der Waals surface area contributed by atoms with Crippen LogP contribution < -0.4 is 5.32 Å². The van der Waals surface area contributed by atoms with Gasteiger partial charge in [-0.2, -0.15) is 0 Å². The highest BCUT2D eigenvalue weighted by Crippen LogP contribution is 2.18. The van der Waals surface area contributed by atoms with Gasteiger partial charge < -0.3 is 5.32 Å². The van der Waals surface area contributed by atoms with E-state index in [2.05, 4.69) is 64.6 Å². The molecule has 1 aliphatic rings. The predicted molar refractivity (Wildman–Crippen MR) is 90.5 cm³/mol. The fourth-order valence-electron chi connectivity index (χ4n) is 3.28. The number of piperidine rings is 1. The number of aromatic nitrogens is 1. The number of hydrogen-bond donors (Lipinski definition) is 1. The lowest BCUT2D eigenvalue weighted by Crippen LogP contribution is -2.46. The summed E-state index contributed by atoms with van der Waals surface area (Å²) in [4.78, 5) is 6.66. The van der Waals surface area contributed by atoms with E-state index in [4.69, 9.17) is 0 Å². The van der Waals surface area contributed by atoms with Gasteiger partial charge >= 0.3 is 0 Å². The zero-order valence-corrected chi connectivity index (χ0v) is 13.3. The molecule has 22 heavy (non-hydrogen) atoms. The van der Waals surface area contributed by atoms with Crippen LogP contribution in [0.15, 0.2) is 54.9 Å². The summed E-state index contributed by atoms with van der Waals surface area (Å²) in [6.07, 6.45) is 6.28. The number of pyridine rings is 1. The van der Waals surface area contributed by atoms with Gasteiger partial charge in [0.05, 0.1) is 0 Å². The van der Waals surface area contributed by atoms with Gasteiger partial charge in [0, 0.05) is 37.6 Å². The van der Waals surface area contributed by atoms with Gasteiger partial charge in [0.25, 0.3) is 0 Å². The van der Waals surface area contributed by atoms with E-state index in [1.54, 1.807) is 0 Å². The van der Waals surface area contributed by atoms with Gasteiger partial charge in [-0.15, -0.1) is 0 Å². The quantitative estimate of drug-likeness (QED) is 0.916. The van der Waals surface area contributed by atoms with Crippen LogP contribution >= 0.6 is 0 Å². The first kappa shape index (κ1) is 15.2. The summed E-state index contributed by atoms with van der Waals surface area (Å²) in [6, 6.07) is 15.9. The van der Waals surface area contributed by atoms with Crippen LogP contribution in [0.25, 0.3) is 0 Å². The van der Waals surface area contributed by atoms with Crippen LogP contribution in [0.2, 0.25) is 0 Å². The number of likely N-dealkylation sites (tertiary alicyclic amines) is 1. The highest BCUT2D eigenvalue weighted by Gasteiger charge is 2.21. The Labute approximate surface area is 133 Å². The highest BCUT2D eigenvalue weighted by atomic mass is 15.2. The molecule has 0 radical (unpaired) electrons. The average Bonchev–Trinajstić information content (AvgIpc) is 2.57. The molecule has 3 nitrogen and oxygen atoms in total. The Morgan fingerprint density at radius 1 is 1.18 bits per heavy atom. The van der Waals surface area contributed by atoms with Crippen LogP contribution in [0, 0.1) is 0 Å². The molecule has 2 atom stereocenters. The number of hydrogen-bond acceptors (Lipinski definition) is 3. The van der Waals surface area contributed by atoms with Crippen molar-refractivity contribution >= 4 is 0 Å². The molecule has 116 valence electrons. The van der Waals surface area contributed by atoms with Crippen LogP contribution in [0.1, 0.15) is 36.9 Å². The Morgan fingerprint density at radius 3 is 2.73 bits per heavy atom. The molecule has 1 aliphatic heterocycles. The Morgan fingerprint density at radius 2 is 1.95 bits per heavy atom. The van der Waals surface area contributed by atoms with E-state index in [0.29, 0.717) is 12.1 Å². The molecule has 2 unspecified atom stereocenters. The van der Waals surface area contributed by atoms with Gasteiger partial charge in [0.1, 0.15) is 0 Å². The summed E-state index contributed by atoms with van der Waals surface area (Å²) in [6.45, 7) is 5.63. The molecule has 2 aromatic rings. The zero-order chi connectivity index (χ0) is 15.2. The normalized spacial score (nSPS) is 20.7. The molecule has 3 heteroatoms. The second-order valence-corrected chi connectivity index (χ2v) is 6.23. The lowest BCUT2D eigenvalue weighted by Gasteiger charge is -2.35. The summed E-state index contributed by atoms with van der Waals surface area (Å²) >= 11 is 0. The largest absolute Gasteiger partial charge is 0.306 e. The number of nitrogens with one attached hydrogen (secondary N) is 1. The lowest BCUT2D eigenvalue weighted by molar-refractivity contribution is 0.177. The minimum Gasteiger partial charge on any atom is -0.306 e. The second kappa shape index (κ2) is 7.52. The summed E-state index contributed by atoms with van der Waals surface area (Å²) in [5.74, 6) is 0. The van der Waals surface area contributed by atoms with E-state index >= 15 is 0 Å². The highest BCUT2D eigenvalue weighted by molar-refractivity contribution is 5.15. The molecule has 2 heterocycles. The van der Waals surface area contributed by atoms with Crippen molar-refractivity contribution in [2.75, 3.05) is 13.1 Å². The van der Waals surface area contributed by atoms with Crippen LogP contribution in [0.5, 0.6) is 0 Å². The number of rotatable bonds is 5. The van der Waals surface area contributed by atoms with Crippen LogP contribution in [-0.2, 0) is 6.54 Å². The third kappa shape index (κ3) is 4.15. The molecule has 0 saturated carbocycles. The third-order valence-corrected chi connectivity index (χ3v) is 4.45. The molecule has 1 N–H and O–H groups in total. The molecule has 0 bridgehead atoms. The molecule has 1 aromatic heterocycles. The standard InChI is InChI=1S/C19H25N3/c1-16(18-9-11-20-12-10-18)21-19-8-5-13-22(15-19)14-17-6-3-2-4-7-17/h2-4,6-7,9-12,16,19,21H,5,8,13-15H2,1H3. The number of nitrogens with zero attached hydrogens (tertiary/aromatic N) is 2. The fourth-order valence-corrected chi connectivity index (χ4v) is 3.28. The SMILES string of the molecule is CC(NC1CCCN(Cc2ccccc2)C1)c1ccncc1. The van der Waals surface area contributed by atoms with Crippen LogP contribution in [-0.4, -0.2) is 29.0 Å². The summed E-state index contributed by atoms with van der Waals surface area (Å²) in [5, 5.41) is 3.78. The minimum atomic E-state index is 0.379. The predicted octanol–water partition coefficient (Wildman–Crippen LogP) is 3.40. The van der Waals surface area contributed by atoms with E-state index < -0.39 is 0 Å². The maximum absolute atomic E-state index is 4.10. The van der Waals surface area contributed by atoms with Gasteiger partial charge in [-0.1, -0.05) is 30.3 Å². The van der Waals surface area contributed by atoms with Crippen molar-refractivity contribution in [2.24, 2.45) is 0 Å². The van der Waals surface area contributed by atoms with Crippen molar-refractivity contribution in [3.05, 3.63) is 66.0 Å². The van der Waals surface area contributed by atoms with Crippen molar-refractivity contribution < 1.29 is 0 Å². The van der Waals surface area contributed by atoms with Crippen LogP contribution in [0.4, 0.5) is 0 Å². The van der Waals surface area contributed by atoms with Gasteiger partial charge in [-0.3, -0.25) is 9.88 Å². The molecular weight excluding hydrogens is 270 g/mol. The van der Waals surface area contributed by atoms with Crippen molar-refractivity contribution in [3.63, 3.8) is 0 Å². The summed E-state index contributed by atoms with van der Waals surface area (Å²) in [5.41, 5.74) is 2.72. The van der Waals surface area contributed by atoms with E-state index in [-0.39, 0.29) is 0 Å². The molecule has 0 aliphatic carbocycles.